The van der Waals surface area contributed by atoms with Crippen LogP contribution in [0.15, 0.2) is 71.6 Å². The summed E-state index contributed by atoms with van der Waals surface area (Å²) < 4.78 is 33.5. The number of benzene rings is 3. The largest absolute Gasteiger partial charge is 0.495 e. The van der Waals surface area contributed by atoms with E-state index in [4.69, 9.17) is 16.3 Å². The Morgan fingerprint density at radius 1 is 1.03 bits per heavy atom. The van der Waals surface area contributed by atoms with E-state index < -0.39 is 22.5 Å². The topological polar surface area (TPSA) is 96.0 Å². The number of hydrogen-bond acceptors (Lipinski definition) is 5. The molecule has 1 heterocycles. The number of nitrogens with zero attached hydrogens (tertiary/aromatic N) is 2. The number of methoxy groups -OCH3 is 1. The first kappa shape index (κ1) is 26.5. The molecule has 2 amide bonds. The summed E-state index contributed by atoms with van der Waals surface area (Å²) in [5.74, 6) is -0.402. The lowest BCUT2D eigenvalue weighted by Gasteiger charge is -2.25. The monoisotopic (exact) mass is 541 g/mol. The summed E-state index contributed by atoms with van der Waals surface area (Å²) in [6.45, 7) is 2.65. The number of nitrogens with one attached hydrogen (secondary N) is 1. The number of aryl methyl sites for hydroxylation is 1. The van der Waals surface area contributed by atoms with Crippen molar-refractivity contribution in [2.75, 3.05) is 36.4 Å². The molecule has 0 radical (unpaired) electrons. The van der Waals surface area contributed by atoms with Crippen LogP contribution in [-0.2, 0) is 14.8 Å². The highest BCUT2D eigenvalue weighted by atomic mass is 35.5. The van der Waals surface area contributed by atoms with E-state index in [0.717, 1.165) is 22.7 Å². The maximum absolute atomic E-state index is 13.7. The molecule has 0 atom stereocenters. The van der Waals surface area contributed by atoms with Gasteiger partial charge in [-0.05, 0) is 62.2 Å². The van der Waals surface area contributed by atoms with Crippen LogP contribution >= 0.6 is 11.6 Å². The van der Waals surface area contributed by atoms with Crippen molar-refractivity contribution >= 4 is 44.8 Å². The van der Waals surface area contributed by atoms with Crippen LogP contribution in [0, 0.1) is 6.92 Å². The van der Waals surface area contributed by atoms with E-state index in [0.29, 0.717) is 30.1 Å². The number of para-hydroxylation sites is 1. The Hall–Kier alpha value is -3.56. The van der Waals surface area contributed by atoms with E-state index in [-0.39, 0.29) is 21.5 Å². The maximum atomic E-state index is 13.7. The molecule has 0 aromatic heterocycles. The SMILES string of the molecule is COc1ccc(N(CC(=O)Nc2ccccc2C(=O)N2CCCC2)S(=O)(=O)c2ccc(C)cc2)cc1Cl. The fourth-order valence-electron chi connectivity index (χ4n) is 4.15. The number of ether oxygens (including phenoxy) is 1. The van der Waals surface area contributed by atoms with Crippen LogP contribution in [0.4, 0.5) is 11.4 Å². The van der Waals surface area contributed by atoms with E-state index in [2.05, 4.69) is 5.32 Å². The molecular weight excluding hydrogens is 514 g/mol. The van der Waals surface area contributed by atoms with Crippen molar-refractivity contribution < 1.29 is 22.7 Å². The number of anilines is 2. The molecule has 1 aliphatic heterocycles. The highest BCUT2D eigenvalue weighted by Crippen LogP contribution is 2.32. The first-order valence-corrected chi connectivity index (χ1v) is 13.6. The highest BCUT2D eigenvalue weighted by molar-refractivity contribution is 7.92. The Balaban J connectivity index is 1.65. The summed E-state index contributed by atoms with van der Waals surface area (Å²) >= 11 is 6.29. The number of amides is 2. The van der Waals surface area contributed by atoms with E-state index in [1.807, 2.05) is 6.92 Å². The summed E-state index contributed by atoms with van der Waals surface area (Å²) in [5.41, 5.74) is 1.78. The molecule has 3 aromatic rings. The molecule has 194 valence electrons. The van der Waals surface area contributed by atoms with Crippen LogP contribution in [0.3, 0.4) is 0 Å². The smallest absolute Gasteiger partial charge is 0.264 e. The fraction of sp³-hybridized carbons (Fsp3) is 0.259. The normalized spacial score (nSPS) is 13.3. The van der Waals surface area contributed by atoms with Gasteiger partial charge in [-0.15, -0.1) is 0 Å². The average Bonchev–Trinajstić information content (AvgIpc) is 3.42. The zero-order valence-electron chi connectivity index (χ0n) is 20.6. The second-order valence-electron chi connectivity index (χ2n) is 8.74. The molecule has 0 aliphatic carbocycles. The van der Waals surface area contributed by atoms with Gasteiger partial charge in [-0.25, -0.2) is 8.42 Å². The van der Waals surface area contributed by atoms with Gasteiger partial charge in [-0.2, -0.15) is 0 Å². The first-order valence-electron chi connectivity index (χ1n) is 11.8. The molecule has 1 fully saturated rings. The van der Waals surface area contributed by atoms with Crippen molar-refractivity contribution in [1.82, 2.24) is 4.90 Å². The van der Waals surface area contributed by atoms with Gasteiger partial charge >= 0.3 is 0 Å². The summed E-state index contributed by atoms with van der Waals surface area (Å²) in [6, 6.07) is 17.6. The second kappa shape index (κ2) is 11.2. The molecule has 0 spiro atoms. The van der Waals surface area contributed by atoms with Crippen molar-refractivity contribution in [3.63, 3.8) is 0 Å². The third kappa shape index (κ3) is 5.89. The van der Waals surface area contributed by atoms with Gasteiger partial charge in [-0.1, -0.05) is 41.4 Å². The number of halogens is 1. The molecule has 0 unspecified atom stereocenters. The van der Waals surface area contributed by atoms with Crippen molar-refractivity contribution in [3.05, 3.63) is 82.9 Å². The number of rotatable bonds is 8. The number of sulfonamides is 1. The molecule has 0 bridgehead atoms. The number of likely N-dealkylation sites (tertiary alicyclic amines) is 1. The quantitative estimate of drug-likeness (QED) is 0.445. The van der Waals surface area contributed by atoms with Crippen LogP contribution in [0.1, 0.15) is 28.8 Å². The molecule has 1 aliphatic rings. The number of carbonyl (C=O) groups excluding carboxylic acids is 2. The summed E-state index contributed by atoms with van der Waals surface area (Å²) in [7, 11) is -2.68. The highest BCUT2D eigenvalue weighted by Gasteiger charge is 2.29. The molecule has 37 heavy (non-hydrogen) atoms. The number of hydrogen-bond donors (Lipinski definition) is 1. The molecule has 3 aromatic carbocycles. The summed E-state index contributed by atoms with van der Waals surface area (Å²) in [5, 5.41) is 2.93. The van der Waals surface area contributed by atoms with Crippen molar-refractivity contribution in [2.45, 2.75) is 24.7 Å². The van der Waals surface area contributed by atoms with Gasteiger partial charge in [0, 0.05) is 13.1 Å². The zero-order valence-corrected chi connectivity index (χ0v) is 22.2. The summed E-state index contributed by atoms with van der Waals surface area (Å²) in [4.78, 5) is 28.0. The lowest BCUT2D eigenvalue weighted by molar-refractivity contribution is -0.114. The van der Waals surface area contributed by atoms with Gasteiger partial charge in [-0.3, -0.25) is 13.9 Å². The van der Waals surface area contributed by atoms with E-state index in [1.54, 1.807) is 41.3 Å². The fourth-order valence-corrected chi connectivity index (χ4v) is 5.82. The number of carbonyl (C=O) groups is 2. The van der Waals surface area contributed by atoms with E-state index in [9.17, 15) is 18.0 Å². The minimum atomic E-state index is -4.14. The van der Waals surface area contributed by atoms with Gasteiger partial charge in [0.05, 0.1) is 34.0 Å². The molecule has 8 nitrogen and oxygen atoms in total. The Kier molecular flexibility index (Phi) is 8.04. The molecule has 1 N–H and O–H groups in total. The van der Waals surface area contributed by atoms with Crippen LogP contribution in [-0.4, -0.2) is 51.9 Å². The van der Waals surface area contributed by atoms with E-state index in [1.165, 1.54) is 37.4 Å². The summed E-state index contributed by atoms with van der Waals surface area (Å²) in [6.07, 6.45) is 1.88. The Morgan fingerprint density at radius 2 is 1.70 bits per heavy atom. The van der Waals surface area contributed by atoms with Gasteiger partial charge in [0.1, 0.15) is 12.3 Å². The molecule has 0 saturated carbocycles. The minimum absolute atomic E-state index is 0.0300. The van der Waals surface area contributed by atoms with Gasteiger partial charge in [0.15, 0.2) is 0 Å². The second-order valence-corrected chi connectivity index (χ2v) is 11.0. The molecular formula is C27H28ClN3O5S. The average molecular weight is 542 g/mol. The van der Waals surface area contributed by atoms with Crippen molar-refractivity contribution in [1.29, 1.82) is 0 Å². The van der Waals surface area contributed by atoms with Crippen LogP contribution in [0.25, 0.3) is 0 Å². The molecule has 10 heteroatoms. The van der Waals surface area contributed by atoms with Crippen molar-refractivity contribution in [2.24, 2.45) is 0 Å². The van der Waals surface area contributed by atoms with Gasteiger partial charge in [0.25, 0.3) is 15.9 Å². The molecule has 4 rings (SSSR count). The van der Waals surface area contributed by atoms with Crippen molar-refractivity contribution in [3.8, 4) is 5.75 Å². The Bertz CT molecular complexity index is 1400. The van der Waals surface area contributed by atoms with E-state index >= 15 is 0 Å². The van der Waals surface area contributed by atoms with Crippen LogP contribution in [0.5, 0.6) is 5.75 Å². The minimum Gasteiger partial charge on any atom is -0.495 e. The maximum Gasteiger partial charge on any atom is 0.264 e. The Morgan fingerprint density at radius 3 is 2.35 bits per heavy atom. The van der Waals surface area contributed by atoms with Gasteiger partial charge in [0.2, 0.25) is 5.91 Å². The Labute approximate surface area is 221 Å². The molecule has 1 saturated heterocycles. The predicted octanol–water partition coefficient (Wildman–Crippen LogP) is 4.73. The van der Waals surface area contributed by atoms with Gasteiger partial charge < -0.3 is 15.0 Å². The standard InChI is InChI=1S/C27H28ClN3O5S/c1-19-9-12-21(13-10-19)37(34,35)31(20-11-14-25(36-2)23(28)17-20)18-26(32)29-24-8-4-3-7-22(24)27(33)30-15-5-6-16-30/h3-4,7-14,17H,5-6,15-16,18H2,1-2H3,(H,29,32). The third-order valence-electron chi connectivity index (χ3n) is 6.14. The zero-order chi connectivity index (χ0) is 26.6. The van der Waals surface area contributed by atoms with Crippen LogP contribution in [0.2, 0.25) is 5.02 Å². The lowest BCUT2D eigenvalue weighted by atomic mass is 10.1. The van der Waals surface area contributed by atoms with Crippen LogP contribution < -0.4 is 14.4 Å². The predicted molar refractivity (Wildman–Crippen MR) is 144 cm³/mol. The first-order chi connectivity index (χ1) is 17.7. The lowest BCUT2D eigenvalue weighted by Crippen LogP contribution is -2.38. The third-order valence-corrected chi connectivity index (χ3v) is 8.23.